The van der Waals surface area contributed by atoms with E-state index in [4.69, 9.17) is 0 Å². The van der Waals surface area contributed by atoms with E-state index in [2.05, 4.69) is 4.98 Å². The molecule has 6 nitrogen and oxygen atoms in total. The lowest BCUT2D eigenvalue weighted by atomic mass is 9.76. The molecule has 0 radical (unpaired) electrons. The van der Waals surface area contributed by atoms with Crippen LogP contribution in [0.2, 0.25) is 0 Å². The molecule has 0 unspecified atom stereocenters. The maximum atomic E-state index is 12.5. The highest BCUT2D eigenvalue weighted by Crippen LogP contribution is 2.40. The first-order valence-electron chi connectivity index (χ1n) is 7.17. The monoisotopic (exact) mass is 299 g/mol. The Morgan fingerprint density at radius 2 is 2.00 bits per heavy atom. The van der Waals surface area contributed by atoms with Crippen LogP contribution < -0.4 is 0 Å². The van der Waals surface area contributed by atoms with Gasteiger partial charge in [0.05, 0.1) is 16.0 Å². The second-order valence-electron chi connectivity index (χ2n) is 6.42. The Balaban J connectivity index is 2.30. The summed E-state index contributed by atoms with van der Waals surface area (Å²) in [5, 5.41) is 10.9. The molecular weight excluding hydrogens is 282 g/mol. The van der Waals surface area contributed by atoms with E-state index in [1.807, 2.05) is 27.7 Å². The highest BCUT2D eigenvalue weighted by molar-refractivity contribution is 6.00. The van der Waals surface area contributed by atoms with E-state index < -0.39 is 10.3 Å². The number of non-ortho nitro benzene ring substituents is 1. The van der Waals surface area contributed by atoms with Crippen molar-refractivity contribution in [3.05, 3.63) is 45.8 Å². The van der Waals surface area contributed by atoms with Gasteiger partial charge in [-0.3, -0.25) is 19.5 Å². The summed E-state index contributed by atoms with van der Waals surface area (Å²) in [5.41, 5.74) is 1.69. The van der Waals surface area contributed by atoms with E-state index >= 15 is 0 Å². The summed E-state index contributed by atoms with van der Waals surface area (Å²) in [5.74, 6) is 0.718. The molecule has 2 heterocycles. The van der Waals surface area contributed by atoms with E-state index in [1.165, 1.54) is 12.1 Å². The molecule has 0 amide bonds. The summed E-state index contributed by atoms with van der Waals surface area (Å²) in [4.78, 5) is 27.5. The van der Waals surface area contributed by atoms with Gasteiger partial charge in [-0.2, -0.15) is 0 Å². The van der Waals surface area contributed by atoms with Crippen molar-refractivity contribution < 1.29 is 9.72 Å². The van der Waals surface area contributed by atoms with Crippen LogP contribution in [0.25, 0.3) is 11.0 Å². The highest BCUT2D eigenvalue weighted by atomic mass is 16.6. The molecule has 2 aromatic rings. The van der Waals surface area contributed by atoms with Crippen LogP contribution in [0, 0.1) is 16.0 Å². The predicted octanol–water partition coefficient (Wildman–Crippen LogP) is 3.46. The van der Waals surface area contributed by atoms with Gasteiger partial charge in [0.2, 0.25) is 0 Å². The third-order valence-corrected chi connectivity index (χ3v) is 4.25. The molecule has 0 bridgehead atoms. The average molecular weight is 299 g/mol. The van der Waals surface area contributed by atoms with Crippen molar-refractivity contribution in [2.75, 3.05) is 0 Å². The van der Waals surface area contributed by atoms with Crippen LogP contribution in [-0.4, -0.2) is 20.4 Å². The van der Waals surface area contributed by atoms with Crippen LogP contribution in [0.4, 0.5) is 5.69 Å². The molecule has 0 spiro atoms. The van der Waals surface area contributed by atoms with Crippen LogP contribution in [0.15, 0.2) is 29.8 Å². The van der Waals surface area contributed by atoms with Gasteiger partial charge in [-0.1, -0.05) is 13.8 Å². The molecule has 0 aliphatic carbocycles. The lowest BCUT2D eigenvalue weighted by Crippen LogP contribution is -2.34. The first-order chi connectivity index (χ1) is 10.2. The van der Waals surface area contributed by atoms with Crippen molar-refractivity contribution in [2.24, 2.45) is 5.92 Å². The first kappa shape index (κ1) is 14.4. The number of aromatic nitrogens is 2. The zero-order chi connectivity index (χ0) is 16.2. The molecule has 0 N–H and O–H groups in total. The van der Waals surface area contributed by atoms with E-state index in [0.29, 0.717) is 16.9 Å². The van der Waals surface area contributed by atoms with Gasteiger partial charge in [-0.05, 0) is 31.4 Å². The number of benzene rings is 1. The van der Waals surface area contributed by atoms with E-state index in [1.54, 1.807) is 16.7 Å². The molecule has 0 saturated heterocycles. The van der Waals surface area contributed by atoms with E-state index in [0.717, 1.165) is 5.57 Å². The molecule has 114 valence electrons. The molecule has 0 saturated carbocycles. The van der Waals surface area contributed by atoms with Crippen molar-refractivity contribution in [1.82, 2.24) is 9.55 Å². The number of nitro benzene ring substituents is 1. The molecule has 1 aliphatic heterocycles. The smallest absolute Gasteiger partial charge is 0.269 e. The van der Waals surface area contributed by atoms with Crippen molar-refractivity contribution in [3.63, 3.8) is 0 Å². The van der Waals surface area contributed by atoms with Gasteiger partial charge in [0.1, 0.15) is 5.82 Å². The van der Waals surface area contributed by atoms with Crippen LogP contribution in [0.1, 0.15) is 38.3 Å². The zero-order valence-electron chi connectivity index (χ0n) is 13.0. The first-order valence-corrected chi connectivity index (χ1v) is 7.17. The Kier molecular flexibility index (Phi) is 2.95. The minimum atomic E-state index is -0.456. The zero-order valence-corrected chi connectivity index (χ0v) is 13.0. The number of imidazole rings is 1. The average Bonchev–Trinajstić information content (AvgIpc) is 2.82. The molecule has 6 heteroatoms. The molecular formula is C16H17N3O3. The van der Waals surface area contributed by atoms with Gasteiger partial charge in [-0.15, -0.1) is 0 Å². The fourth-order valence-electron chi connectivity index (χ4n) is 3.22. The van der Waals surface area contributed by atoms with Crippen LogP contribution in [-0.2, 0) is 5.41 Å². The Morgan fingerprint density at radius 1 is 1.32 bits per heavy atom. The van der Waals surface area contributed by atoms with Crippen molar-refractivity contribution in [2.45, 2.75) is 33.1 Å². The minimum absolute atomic E-state index is 0.0229. The molecule has 3 rings (SSSR count). The van der Waals surface area contributed by atoms with Crippen molar-refractivity contribution >= 4 is 22.6 Å². The molecule has 22 heavy (non-hydrogen) atoms. The van der Waals surface area contributed by atoms with E-state index in [-0.39, 0.29) is 17.5 Å². The van der Waals surface area contributed by atoms with Gasteiger partial charge >= 0.3 is 0 Å². The maximum Gasteiger partial charge on any atom is 0.271 e. The van der Waals surface area contributed by atoms with Gasteiger partial charge in [0.15, 0.2) is 0 Å². The molecule has 1 aromatic carbocycles. The number of nitrogens with zero attached hydrogens (tertiary/aromatic N) is 3. The lowest BCUT2D eigenvalue weighted by Gasteiger charge is -2.33. The van der Waals surface area contributed by atoms with Crippen LogP contribution in [0.3, 0.4) is 0 Å². The van der Waals surface area contributed by atoms with Crippen LogP contribution >= 0.6 is 0 Å². The van der Waals surface area contributed by atoms with Crippen LogP contribution in [0.5, 0.6) is 0 Å². The summed E-state index contributed by atoms with van der Waals surface area (Å²) >= 11 is 0. The Morgan fingerprint density at radius 3 is 2.59 bits per heavy atom. The number of nitro groups is 1. The van der Waals surface area contributed by atoms with Crippen molar-refractivity contribution in [1.29, 1.82) is 0 Å². The fourth-order valence-corrected chi connectivity index (χ4v) is 3.22. The van der Waals surface area contributed by atoms with Gasteiger partial charge in [0, 0.05) is 23.6 Å². The Labute approximate surface area is 127 Å². The Hall–Kier alpha value is -2.50. The topological polar surface area (TPSA) is 78.0 Å². The second-order valence-corrected chi connectivity index (χ2v) is 6.42. The highest BCUT2D eigenvalue weighted by Gasteiger charge is 2.38. The number of hydrogen-bond acceptors (Lipinski definition) is 4. The summed E-state index contributed by atoms with van der Waals surface area (Å²) < 4.78 is 1.56. The fraction of sp³-hybridized carbons (Fsp3) is 0.375. The molecule has 0 fully saturated rings. The summed E-state index contributed by atoms with van der Waals surface area (Å²) in [6.07, 6.45) is 1.67. The number of hydrogen-bond donors (Lipinski definition) is 0. The normalized spacial score (nSPS) is 16.8. The van der Waals surface area contributed by atoms with Crippen molar-refractivity contribution in [3.8, 4) is 0 Å². The number of carbonyl (C=O) groups excluding carboxylic acids is 1. The number of allylic oxidation sites excluding steroid dienone is 2. The quantitative estimate of drug-likeness (QED) is 0.628. The second kappa shape index (κ2) is 4.50. The number of rotatable bonds is 2. The molecule has 0 atom stereocenters. The van der Waals surface area contributed by atoms with E-state index in [9.17, 15) is 14.9 Å². The third-order valence-electron chi connectivity index (χ3n) is 4.25. The largest absolute Gasteiger partial charge is 0.271 e. The summed E-state index contributed by atoms with van der Waals surface area (Å²) in [6, 6.07) is 4.41. The SMILES string of the molecule is CC(C)C1=CC(=O)n2c(nc3cc([N+](=O)[O-])ccc32)C1(C)C. The molecule has 1 aromatic heterocycles. The standard InChI is InChI=1S/C16H17N3O3/c1-9(2)11-8-14(20)18-13-6-5-10(19(21)22)7-12(13)17-15(18)16(11,3)4/h5-9H,1-4H3. The number of fused-ring (bicyclic) bond motifs is 3. The summed E-state index contributed by atoms with van der Waals surface area (Å²) in [6.45, 7) is 8.14. The maximum absolute atomic E-state index is 12.5. The minimum Gasteiger partial charge on any atom is -0.269 e. The molecule has 1 aliphatic rings. The predicted molar refractivity (Wildman–Crippen MR) is 83.0 cm³/mol. The third kappa shape index (κ3) is 1.87. The van der Waals surface area contributed by atoms with Gasteiger partial charge < -0.3 is 0 Å². The Bertz CT molecular complexity index is 844. The number of carbonyl (C=O) groups is 1. The van der Waals surface area contributed by atoms with Gasteiger partial charge in [-0.25, -0.2) is 4.98 Å². The van der Waals surface area contributed by atoms with Gasteiger partial charge in [0.25, 0.3) is 11.6 Å². The summed E-state index contributed by atoms with van der Waals surface area (Å²) in [7, 11) is 0. The lowest BCUT2D eigenvalue weighted by molar-refractivity contribution is -0.384.